The number of nitrogens with two attached hydrogens (primary N) is 1. The molecule has 0 radical (unpaired) electrons. The molecule has 0 aliphatic carbocycles. The van der Waals surface area contributed by atoms with Gasteiger partial charge in [0.1, 0.15) is 11.6 Å². The molecule has 0 bridgehead atoms. The van der Waals surface area contributed by atoms with Gasteiger partial charge in [-0.3, -0.25) is 4.90 Å². The smallest absolute Gasteiger partial charge is 0.125 e. The number of imidazole rings is 1. The number of aliphatic hydroxyl groups is 1. The van der Waals surface area contributed by atoms with Gasteiger partial charge in [-0.05, 0) is 37.6 Å². The Morgan fingerprint density at radius 2 is 2.29 bits per heavy atom. The van der Waals surface area contributed by atoms with Crippen molar-refractivity contribution in [3.05, 3.63) is 29.8 Å². The predicted molar refractivity (Wildman–Crippen MR) is 79.4 cm³/mol. The minimum atomic E-state index is -0.254. The third kappa shape index (κ3) is 2.79. The molecule has 3 rings (SSSR count). The number of piperidine rings is 1. The normalized spacial score (nSPS) is 20.2. The number of hydrogen-bond acceptors (Lipinski definition) is 4. The van der Waals surface area contributed by atoms with E-state index in [4.69, 9.17) is 10.8 Å². The fourth-order valence-electron chi connectivity index (χ4n) is 3.25. The van der Waals surface area contributed by atoms with Crippen LogP contribution in [0.2, 0.25) is 0 Å². The molecule has 0 amide bonds. The molecular formula is C15H21FN4O. The summed E-state index contributed by atoms with van der Waals surface area (Å²) >= 11 is 0. The number of nitrogens with zero attached hydrogens (tertiary/aromatic N) is 3. The van der Waals surface area contributed by atoms with Crippen LogP contribution in [0.25, 0.3) is 11.0 Å². The van der Waals surface area contributed by atoms with Crippen molar-refractivity contribution in [1.29, 1.82) is 0 Å². The molecule has 114 valence electrons. The molecule has 5 nitrogen and oxygen atoms in total. The molecule has 1 aromatic carbocycles. The van der Waals surface area contributed by atoms with Crippen LogP contribution in [0.1, 0.15) is 24.7 Å². The van der Waals surface area contributed by atoms with Gasteiger partial charge in [-0.15, -0.1) is 0 Å². The molecule has 1 atom stereocenters. The molecule has 1 aliphatic rings. The van der Waals surface area contributed by atoms with Crippen molar-refractivity contribution < 1.29 is 9.50 Å². The largest absolute Gasteiger partial charge is 0.395 e. The van der Waals surface area contributed by atoms with Crippen LogP contribution in [0.4, 0.5) is 4.39 Å². The van der Waals surface area contributed by atoms with Gasteiger partial charge in [0, 0.05) is 19.1 Å². The summed E-state index contributed by atoms with van der Waals surface area (Å²) in [5.41, 5.74) is 7.42. The lowest BCUT2D eigenvalue weighted by Crippen LogP contribution is -2.38. The highest BCUT2D eigenvalue weighted by molar-refractivity contribution is 5.76. The van der Waals surface area contributed by atoms with Crippen LogP contribution in [-0.4, -0.2) is 45.8 Å². The highest BCUT2D eigenvalue weighted by atomic mass is 19.1. The van der Waals surface area contributed by atoms with Gasteiger partial charge in [0.05, 0.1) is 24.2 Å². The van der Waals surface area contributed by atoms with Gasteiger partial charge < -0.3 is 15.4 Å². The molecule has 1 unspecified atom stereocenters. The van der Waals surface area contributed by atoms with Gasteiger partial charge in [-0.1, -0.05) is 0 Å². The van der Waals surface area contributed by atoms with Gasteiger partial charge in [-0.2, -0.15) is 0 Å². The van der Waals surface area contributed by atoms with Crippen LogP contribution in [0.3, 0.4) is 0 Å². The van der Waals surface area contributed by atoms with E-state index in [1.165, 1.54) is 12.1 Å². The highest BCUT2D eigenvalue weighted by Gasteiger charge is 2.24. The number of hydrogen-bond donors (Lipinski definition) is 2. The number of rotatable bonds is 4. The van der Waals surface area contributed by atoms with Crippen LogP contribution in [0.5, 0.6) is 0 Å². The number of halogens is 1. The van der Waals surface area contributed by atoms with Crippen molar-refractivity contribution >= 4 is 11.0 Å². The van der Waals surface area contributed by atoms with Crippen molar-refractivity contribution in [2.75, 3.05) is 26.2 Å². The van der Waals surface area contributed by atoms with Crippen molar-refractivity contribution in [3.63, 3.8) is 0 Å². The fourth-order valence-corrected chi connectivity index (χ4v) is 3.25. The van der Waals surface area contributed by atoms with E-state index in [-0.39, 0.29) is 18.5 Å². The lowest BCUT2D eigenvalue weighted by Gasteiger charge is -2.34. The molecule has 2 heterocycles. The molecular weight excluding hydrogens is 271 g/mol. The Labute approximate surface area is 123 Å². The number of aromatic nitrogens is 2. The second-order valence-electron chi connectivity index (χ2n) is 5.56. The Hall–Kier alpha value is -1.50. The van der Waals surface area contributed by atoms with Crippen LogP contribution in [0, 0.1) is 5.82 Å². The zero-order valence-corrected chi connectivity index (χ0v) is 12.0. The number of benzene rings is 1. The number of β-amino-alcohol motifs (C(OH)–C–C–N with tert-alkyl or cyclic N) is 1. The Kier molecular flexibility index (Phi) is 4.19. The summed E-state index contributed by atoms with van der Waals surface area (Å²) in [4.78, 5) is 6.76. The number of aliphatic hydroxyl groups excluding tert-OH is 1. The first-order valence-corrected chi connectivity index (χ1v) is 7.42. The van der Waals surface area contributed by atoms with Gasteiger partial charge >= 0.3 is 0 Å². The van der Waals surface area contributed by atoms with Gasteiger partial charge in [-0.25, -0.2) is 9.37 Å². The Morgan fingerprint density at radius 3 is 3.05 bits per heavy atom. The SMILES string of the molecule is NCc1nc2ccc(F)cc2n1C1CCCN(CCO)C1. The first-order chi connectivity index (χ1) is 10.2. The molecule has 21 heavy (non-hydrogen) atoms. The zero-order valence-electron chi connectivity index (χ0n) is 12.0. The van der Waals surface area contributed by atoms with E-state index in [9.17, 15) is 4.39 Å². The van der Waals surface area contributed by atoms with E-state index >= 15 is 0 Å². The Morgan fingerprint density at radius 1 is 1.43 bits per heavy atom. The molecule has 0 saturated carbocycles. The van der Waals surface area contributed by atoms with E-state index in [1.807, 2.05) is 0 Å². The summed E-state index contributed by atoms with van der Waals surface area (Å²) in [7, 11) is 0. The molecule has 2 aromatic rings. The molecule has 1 aliphatic heterocycles. The Balaban J connectivity index is 1.99. The summed E-state index contributed by atoms with van der Waals surface area (Å²) in [6.07, 6.45) is 2.08. The van der Waals surface area contributed by atoms with Crippen LogP contribution >= 0.6 is 0 Å². The first-order valence-electron chi connectivity index (χ1n) is 7.42. The summed E-state index contributed by atoms with van der Waals surface area (Å²) in [5.74, 6) is 0.543. The van der Waals surface area contributed by atoms with Crippen molar-refractivity contribution in [3.8, 4) is 0 Å². The first kappa shape index (κ1) is 14.4. The average molecular weight is 292 g/mol. The highest BCUT2D eigenvalue weighted by Crippen LogP contribution is 2.28. The minimum Gasteiger partial charge on any atom is -0.395 e. The van der Waals surface area contributed by atoms with Crippen molar-refractivity contribution in [2.24, 2.45) is 5.73 Å². The lowest BCUT2D eigenvalue weighted by molar-refractivity contribution is 0.143. The summed E-state index contributed by atoms with van der Waals surface area (Å²) < 4.78 is 15.7. The van der Waals surface area contributed by atoms with E-state index in [0.717, 1.165) is 42.8 Å². The number of fused-ring (bicyclic) bond motifs is 1. The van der Waals surface area contributed by atoms with Gasteiger partial charge in [0.25, 0.3) is 0 Å². The second-order valence-corrected chi connectivity index (χ2v) is 5.56. The summed E-state index contributed by atoms with van der Waals surface area (Å²) in [6.45, 7) is 3.02. The van der Waals surface area contributed by atoms with Crippen LogP contribution in [-0.2, 0) is 6.54 Å². The lowest BCUT2D eigenvalue weighted by atomic mass is 10.0. The standard InChI is InChI=1S/C15H21FN4O/c16-11-3-4-13-14(8-11)20(15(9-17)18-13)12-2-1-5-19(10-12)6-7-21/h3-4,8,12,21H,1-2,5-7,9-10,17H2. The summed E-state index contributed by atoms with van der Waals surface area (Å²) in [6, 6.07) is 4.90. The maximum Gasteiger partial charge on any atom is 0.125 e. The zero-order chi connectivity index (χ0) is 14.8. The van der Waals surface area contributed by atoms with E-state index in [0.29, 0.717) is 13.1 Å². The quantitative estimate of drug-likeness (QED) is 0.890. The monoisotopic (exact) mass is 292 g/mol. The molecule has 1 fully saturated rings. The second kappa shape index (κ2) is 6.09. The predicted octanol–water partition coefficient (Wildman–Crippen LogP) is 1.26. The average Bonchev–Trinajstić information content (AvgIpc) is 2.85. The van der Waals surface area contributed by atoms with Gasteiger partial charge in [0.15, 0.2) is 0 Å². The van der Waals surface area contributed by atoms with Crippen molar-refractivity contribution in [2.45, 2.75) is 25.4 Å². The topological polar surface area (TPSA) is 67.3 Å². The molecule has 1 saturated heterocycles. The van der Waals surface area contributed by atoms with Crippen LogP contribution in [0.15, 0.2) is 18.2 Å². The molecule has 0 spiro atoms. The molecule has 1 aromatic heterocycles. The Bertz CT molecular complexity index is 625. The van der Waals surface area contributed by atoms with Gasteiger partial charge in [0.2, 0.25) is 0 Å². The summed E-state index contributed by atoms with van der Waals surface area (Å²) in [5, 5.41) is 9.11. The molecule has 6 heteroatoms. The maximum absolute atomic E-state index is 13.6. The van der Waals surface area contributed by atoms with E-state index < -0.39 is 0 Å². The fraction of sp³-hybridized carbons (Fsp3) is 0.533. The molecule has 3 N–H and O–H groups in total. The van der Waals surface area contributed by atoms with Crippen molar-refractivity contribution in [1.82, 2.24) is 14.5 Å². The minimum absolute atomic E-state index is 0.162. The van der Waals surface area contributed by atoms with E-state index in [1.54, 1.807) is 6.07 Å². The number of likely N-dealkylation sites (tertiary alicyclic amines) is 1. The van der Waals surface area contributed by atoms with E-state index in [2.05, 4.69) is 14.5 Å². The van der Waals surface area contributed by atoms with Crippen LogP contribution < -0.4 is 5.73 Å². The maximum atomic E-state index is 13.6. The third-order valence-electron chi connectivity index (χ3n) is 4.17. The third-order valence-corrected chi connectivity index (χ3v) is 4.17.